The number of hydrogen-bond donors (Lipinski definition) is 3. The Kier molecular flexibility index (Phi) is 8.21. The lowest BCUT2D eigenvalue weighted by molar-refractivity contribution is -0.130. The Labute approximate surface area is 186 Å². The van der Waals surface area contributed by atoms with Crippen molar-refractivity contribution in [3.63, 3.8) is 0 Å². The summed E-state index contributed by atoms with van der Waals surface area (Å²) in [5.41, 5.74) is 0.320. The number of H-pyrrole nitrogens is 1. The predicted octanol–water partition coefficient (Wildman–Crippen LogP) is 2.39. The molecule has 0 aliphatic carbocycles. The summed E-state index contributed by atoms with van der Waals surface area (Å²) in [6, 6.07) is 1.45. The average molecular weight is 469 g/mol. The summed E-state index contributed by atoms with van der Waals surface area (Å²) in [5.74, 6) is -8.08. The van der Waals surface area contributed by atoms with Crippen LogP contribution < -0.4 is 10.6 Å². The van der Waals surface area contributed by atoms with Crippen LogP contribution in [0.2, 0.25) is 0 Å². The molecule has 1 aromatic heterocycles. The Hall–Kier alpha value is -3.83. The fraction of sp³-hybridized carbons (Fsp3) is 0.333. The number of aromatic amines is 1. The van der Waals surface area contributed by atoms with Crippen LogP contribution in [-0.2, 0) is 25.5 Å². The number of esters is 2. The zero-order valence-corrected chi connectivity index (χ0v) is 18.2. The largest absolute Gasteiger partial charge is 0.465 e. The lowest BCUT2D eigenvalue weighted by Crippen LogP contribution is -2.40. The smallest absolute Gasteiger partial charge is 0.355 e. The number of ether oxygens (including phenoxy) is 2. The third-order valence-electron chi connectivity index (χ3n) is 4.66. The molecule has 33 heavy (non-hydrogen) atoms. The summed E-state index contributed by atoms with van der Waals surface area (Å²) >= 11 is 0. The second-order valence-electron chi connectivity index (χ2n) is 6.86. The molecule has 9 nitrogen and oxygen atoms in total. The van der Waals surface area contributed by atoms with Crippen LogP contribution in [0.1, 0.15) is 46.0 Å². The molecule has 1 aromatic carbocycles. The number of anilines is 1. The number of benzene rings is 1. The van der Waals surface area contributed by atoms with Crippen molar-refractivity contribution >= 4 is 29.4 Å². The number of carbonyl (C=O) groups excluding carboxylic acids is 4. The summed E-state index contributed by atoms with van der Waals surface area (Å²) in [5, 5.41) is 4.16. The van der Waals surface area contributed by atoms with Crippen LogP contribution in [-0.4, -0.2) is 48.5 Å². The minimum Gasteiger partial charge on any atom is -0.465 e. The van der Waals surface area contributed by atoms with E-state index in [1.165, 1.54) is 21.0 Å². The lowest BCUT2D eigenvalue weighted by atomic mass is 10.1. The molecular formula is C21H22F3N3O6. The molecule has 2 aromatic rings. The average Bonchev–Trinajstić information content (AvgIpc) is 3.13. The topological polar surface area (TPSA) is 127 Å². The molecule has 0 spiro atoms. The first-order valence-corrected chi connectivity index (χ1v) is 9.73. The molecule has 12 heteroatoms. The van der Waals surface area contributed by atoms with Crippen LogP contribution in [0.5, 0.6) is 0 Å². The van der Waals surface area contributed by atoms with Gasteiger partial charge in [0.2, 0.25) is 5.91 Å². The van der Waals surface area contributed by atoms with Gasteiger partial charge in [-0.25, -0.2) is 22.8 Å². The summed E-state index contributed by atoms with van der Waals surface area (Å²) in [6.45, 7) is 3.87. The van der Waals surface area contributed by atoms with Gasteiger partial charge in [-0.15, -0.1) is 0 Å². The van der Waals surface area contributed by atoms with E-state index in [0.717, 1.165) is 6.07 Å². The van der Waals surface area contributed by atoms with E-state index >= 15 is 0 Å². The first kappa shape index (κ1) is 25.4. The van der Waals surface area contributed by atoms with Crippen molar-refractivity contribution in [3.8, 4) is 0 Å². The number of aromatic nitrogens is 1. The van der Waals surface area contributed by atoms with E-state index in [0.29, 0.717) is 23.7 Å². The van der Waals surface area contributed by atoms with Crippen molar-refractivity contribution < 1.29 is 41.8 Å². The van der Waals surface area contributed by atoms with Crippen molar-refractivity contribution in [2.24, 2.45) is 0 Å². The summed E-state index contributed by atoms with van der Waals surface area (Å²) in [7, 11) is 1.20. The zero-order valence-electron chi connectivity index (χ0n) is 18.2. The highest BCUT2D eigenvalue weighted by Gasteiger charge is 2.27. The molecule has 1 unspecified atom stereocenters. The van der Waals surface area contributed by atoms with Crippen molar-refractivity contribution in [3.05, 3.63) is 52.1 Å². The molecule has 2 rings (SSSR count). The van der Waals surface area contributed by atoms with Crippen LogP contribution in [0, 0.1) is 24.4 Å². The van der Waals surface area contributed by atoms with Gasteiger partial charge >= 0.3 is 11.9 Å². The van der Waals surface area contributed by atoms with Gasteiger partial charge in [0.1, 0.15) is 5.69 Å². The SMILES string of the molecule is CCc1[nH]c(C(=O)OC(C)C(=O)NCC(=O)Nc2ccc(F)c(F)c2F)c(C)c1C(=O)OC. The molecule has 2 amide bonds. The Morgan fingerprint density at radius 1 is 1.09 bits per heavy atom. The minimum absolute atomic E-state index is 0.0292. The number of aryl methyl sites for hydroxylation is 1. The van der Waals surface area contributed by atoms with Crippen LogP contribution >= 0.6 is 0 Å². The van der Waals surface area contributed by atoms with Gasteiger partial charge in [-0.1, -0.05) is 6.92 Å². The normalized spacial score (nSPS) is 11.5. The van der Waals surface area contributed by atoms with Gasteiger partial charge < -0.3 is 25.1 Å². The minimum atomic E-state index is -1.75. The highest BCUT2D eigenvalue weighted by atomic mass is 19.2. The molecule has 0 radical (unpaired) electrons. The van der Waals surface area contributed by atoms with Crippen LogP contribution in [0.25, 0.3) is 0 Å². The van der Waals surface area contributed by atoms with E-state index in [1.54, 1.807) is 6.92 Å². The Morgan fingerprint density at radius 2 is 1.76 bits per heavy atom. The van der Waals surface area contributed by atoms with Crippen molar-refractivity contribution in [1.82, 2.24) is 10.3 Å². The first-order chi connectivity index (χ1) is 15.5. The van der Waals surface area contributed by atoms with Crippen molar-refractivity contribution in [2.45, 2.75) is 33.3 Å². The highest BCUT2D eigenvalue weighted by molar-refractivity contribution is 5.99. The monoisotopic (exact) mass is 469 g/mol. The molecule has 0 saturated heterocycles. The number of hydrogen-bond acceptors (Lipinski definition) is 6. The molecule has 1 atom stereocenters. The number of methoxy groups -OCH3 is 1. The third kappa shape index (κ3) is 5.70. The summed E-state index contributed by atoms with van der Waals surface area (Å²) in [4.78, 5) is 51.3. The van der Waals surface area contributed by atoms with Gasteiger partial charge in [0, 0.05) is 5.69 Å². The molecule has 0 bridgehead atoms. The van der Waals surface area contributed by atoms with E-state index < -0.39 is 59.5 Å². The van der Waals surface area contributed by atoms with Crippen molar-refractivity contribution in [1.29, 1.82) is 0 Å². The molecule has 1 heterocycles. The van der Waals surface area contributed by atoms with Crippen LogP contribution in [0.15, 0.2) is 12.1 Å². The second-order valence-corrected chi connectivity index (χ2v) is 6.86. The van der Waals surface area contributed by atoms with E-state index in [4.69, 9.17) is 9.47 Å². The molecule has 0 saturated carbocycles. The second kappa shape index (κ2) is 10.7. The number of halogens is 3. The maximum atomic E-state index is 13.6. The van der Waals surface area contributed by atoms with Crippen LogP contribution in [0.4, 0.5) is 18.9 Å². The summed E-state index contributed by atoms with van der Waals surface area (Å²) < 4.78 is 49.6. The van der Waals surface area contributed by atoms with Gasteiger partial charge in [0.05, 0.1) is 24.9 Å². The van der Waals surface area contributed by atoms with Gasteiger partial charge in [0.15, 0.2) is 23.6 Å². The van der Waals surface area contributed by atoms with E-state index in [9.17, 15) is 32.3 Å². The standard InChI is InChI=1S/C21H22F3N3O6/c1-5-12-15(20(30)32-4)9(2)18(27-12)21(31)33-10(3)19(29)25-8-14(28)26-13-7-6-11(22)16(23)17(13)24/h6-7,10,27H,5,8H2,1-4H3,(H,25,29)(H,26,28). The maximum absolute atomic E-state index is 13.6. The number of carbonyl (C=O) groups is 4. The van der Waals surface area contributed by atoms with E-state index in [-0.39, 0.29) is 11.3 Å². The number of nitrogens with one attached hydrogen (secondary N) is 3. The molecule has 0 aliphatic rings. The molecule has 0 fully saturated rings. The van der Waals surface area contributed by atoms with Gasteiger partial charge in [0.25, 0.3) is 5.91 Å². The molecular weight excluding hydrogens is 447 g/mol. The predicted molar refractivity (Wildman–Crippen MR) is 109 cm³/mol. The molecule has 3 N–H and O–H groups in total. The van der Waals surface area contributed by atoms with Gasteiger partial charge in [-0.2, -0.15) is 0 Å². The first-order valence-electron chi connectivity index (χ1n) is 9.73. The Balaban J connectivity index is 1.97. The van der Waals surface area contributed by atoms with Gasteiger partial charge in [-0.05, 0) is 38.0 Å². The van der Waals surface area contributed by atoms with Crippen LogP contribution in [0.3, 0.4) is 0 Å². The lowest BCUT2D eigenvalue weighted by Gasteiger charge is -2.13. The number of amides is 2. The Morgan fingerprint density at radius 3 is 2.36 bits per heavy atom. The Bertz CT molecular complexity index is 1100. The fourth-order valence-corrected chi connectivity index (χ4v) is 2.91. The number of rotatable bonds is 8. The highest BCUT2D eigenvalue weighted by Crippen LogP contribution is 2.21. The van der Waals surface area contributed by atoms with Crippen molar-refractivity contribution in [2.75, 3.05) is 19.0 Å². The summed E-state index contributed by atoms with van der Waals surface area (Å²) in [6.07, 6.45) is -0.929. The zero-order chi connectivity index (χ0) is 24.9. The van der Waals surface area contributed by atoms with E-state index in [1.807, 2.05) is 5.32 Å². The molecule has 178 valence electrons. The third-order valence-corrected chi connectivity index (χ3v) is 4.66. The van der Waals surface area contributed by atoms with E-state index in [2.05, 4.69) is 10.3 Å². The van der Waals surface area contributed by atoms with Gasteiger partial charge in [-0.3, -0.25) is 9.59 Å². The maximum Gasteiger partial charge on any atom is 0.355 e. The fourth-order valence-electron chi connectivity index (χ4n) is 2.91. The molecule has 0 aliphatic heterocycles. The quantitative estimate of drug-likeness (QED) is 0.403.